The van der Waals surface area contributed by atoms with E-state index >= 15 is 0 Å². The molecule has 1 saturated heterocycles. The number of para-hydroxylation sites is 1. The molecule has 1 aliphatic rings. The second-order valence-electron chi connectivity index (χ2n) is 7.20. The van der Waals surface area contributed by atoms with Crippen molar-refractivity contribution in [1.29, 1.82) is 0 Å². The van der Waals surface area contributed by atoms with Gasteiger partial charge in [0.2, 0.25) is 0 Å². The highest BCUT2D eigenvalue weighted by Crippen LogP contribution is 2.29. The van der Waals surface area contributed by atoms with E-state index in [-0.39, 0.29) is 23.1 Å². The van der Waals surface area contributed by atoms with Gasteiger partial charge in [-0.25, -0.2) is 4.79 Å². The number of aromatic carboxylic acids is 1. The molecule has 0 bridgehead atoms. The summed E-state index contributed by atoms with van der Waals surface area (Å²) in [7, 11) is 1.47. The summed E-state index contributed by atoms with van der Waals surface area (Å²) in [5.74, 6) is -1.50. The summed E-state index contributed by atoms with van der Waals surface area (Å²) >= 11 is 0. The van der Waals surface area contributed by atoms with Crippen molar-refractivity contribution >= 4 is 29.2 Å². The van der Waals surface area contributed by atoms with Crippen molar-refractivity contribution in [3.05, 3.63) is 53.6 Å². The molecule has 0 aliphatic carbocycles. The molecule has 0 saturated carbocycles. The number of carbonyl (C=O) groups excluding carboxylic acids is 2. The van der Waals surface area contributed by atoms with Crippen molar-refractivity contribution in [2.75, 3.05) is 37.0 Å². The molecule has 0 spiro atoms. The SMILES string of the molecule is CCOC(=O)C1CCN(c2ccc(NC(=O)c3ccccc3OC)c(C(=O)O)c2)CC1. The number of amides is 1. The minimum Gasteiger partial charge on any atom is -0.496 e. The lowest BCUT2D eigenvalue weighted by atomic mass is 9.96. The van der Waals surface area contributed by atoms with Gasteiger partial charge in [-0.1, -0.05) is 12.1 Å². The maximum atomic E-state index is 12.7. The van der Waals surface area contributed by atoms with E-state index in [1.54, 1.807) is 49.4 Å². The second-order valence-corrected chi connectivity index (χ2v) is 7.20. The first-order chi connectivity index (χ1) is 14.9. The maximum Gasteiger partial charge on any atom is 0.337 e. The molecule has 0 aromatic heterocycles. The number of piperidine rings is 1. The Bertz CT molecular complexity index is 966. The van der Waals surface area contributed by atoms with Gasteiger partial charge >= 0.3 is 11.9 Å². The summed E-state index contributed by atoms with van der Waals surface area (Å²) in [4.78, 5) is 38.5. The number of nitrogens with zero attached hydrogens (tertiary/aromatic N) is 1. The Hall–Kier alpha value is -3.55. The largest absolute Gasteiger partial charge is 0.496 e. The predicted octanol–water partition coefficient (Wildman–Crippen LogP) is 3.43. The van der Waals surface area contributed by atoms with Crippen LogP contribution >= 0.6 is 0 Å². The smallest absolute Gasteiger partial charge is 0.337 e. The molecular formula is C23H26N2O6. The lowest BCUT2D eigenvalue weighted by Gasteiger charge is -2.33. The Labute approximate surface area is 180 Å². The molecule has 3 rings (SSSR count). The van der Waals surface area contributed by atoms with Gasteiger partial charge in [0.15, 0.2) is 0 Å². The standard InChI is InChI=1S/C23H26N2O6/c1-3-31-23(29)15-10-12-25(13-11-15)16-8-9-19(18(14-16)22(27)28)24-21(26)17-6-4-5-7-20(17)30-2/h4-9,14-15H,3,10-13H2,1-2H3,(H,24,26)(H,27,28). The number of carboxylic acid groups (broad SMARTS) is 1. The molecule has 0 unspecified atom stereocenters. The Kier molecular flexibility index (Phi) is 7.12. The van der Waals surface area contributed by atoms with E-state index in [9.17, 15) is 19.5 Å². The van der Waals surface area contributed by atoms with Crippen molar-refractivity contribution in [3.8, 4) is 5.75 Å². The van der Waals surface area contributed by atoms with Crippen LogP contribution in [0.5, 0.6) is 5.75 Å². The number of hydrogen-bond acceptors (Lipinski definition) is 6. The van der Waals surface area contributed by atoms with Crippen LogP contribution in [0.25, 0.3) is 0 Å². The number of carbonyl (C=O) groups is 3. The molecule has 1 heterocycles. The number of ether oxygens (including phenoxy) is 2. The summed E-state index contributed by atoms with van der Waals surface area (Å²) in [5, 5.41) is 12.4. The zero-order valence-electron chi connectivity index (χ0n) is 17.6. The van der Waals surface area contributed by atoms with Crippen LogP contribution in [0.15, 0.2) is 42.5 Å². The van der Waals surface area contributed by atoms with Crippen molar-refractivity contribution in [1.82, 2.24) is 0 Å². The number of hydrogen-bond donors (Lipinski definition) is 2. The maximum absolute atomic E-state index is 12.7. The monoisotopic (exact) mass is 426 g/mol. The number of anilines is 2. The van der Waals surface area contributed by atoms with Gasteiger partial charge in [-0.3, -0.25) is 9.59 Å². The number of carboxylic acids is 1. The normalized spacial score (nSPS) is 14.1. The van der Waals surface area contributed by atoms with Gasteiger partial charge in [0.25, 0.3) is 5.91 Å². The van der Waals surface area contributed by atoms with Gasteiger partial charge < -0.3 is 24.8 Å². The molecule has 1 fully saturated rings. The average molecular weight is 426 g/mol. The first-order valence-electron chi connectivity index (χ1n) is 10.2. The Morgan fingerprint density at radius 1 is 1.10 bits per heavy atom. The van der Waals surface area contributed by atoms with E-state index in [0.717, 1.165) is 5.69 Å². The third-order valence-corrected chi connectivity index (χ3v) is 5.31. The van der Waals surface area contributed by atoms with Gasteiger partial charge in [0.1, 0.15) is 5.75 Å². The van der Waals surface area contributed by atoms with Crippen LogP contribution < -0.4 is 15.0 Å². The first-order valence-corrected chi connectivity index (χ1v) is 10.2. The third-order valence-electron chi connectivity index (χ3n) is 5.31. The summed E-state index contributed by atoms with van der Waals surface area (Å²) in [5.41, 5.74) is 1.24. The number of rotatable bonds is 7. The lowest BCUT2D eigenvalue weighted by Crippen LogP contribution is -2.37. The van der Waals surface area contributed by atoms with E-state index < -0.39 is 11.9 Å². The predicted molar refractivity (Wildman–Crippen MR) is 116 cm³/mol. The summed E-state index contributed by atoms with van der Waals surface area (Å²) in [6.07, 6.45) is 1.29. The van der Waals surface area contributed by atoms with E-state index in [1.807, 2.05) is 4.90 Å². The van der Waals surface area contributed by atoms with Gasteiger partial charge in [-0.2, -0.15) is 0 Å². The van der Waals surface area contributed by atoms with E-state index in [0.29, 0.717) is 43.9 Å². The van der Waals surface area contributed by atoms with Gasteiger partial charge in [-0.15, -0.1) is 0 Å². The van der Waals surface area contributed by atoms with E-state index in [2.05, 4.69) is 5.32 Å². The van der Waals surface area contributed by atoms with Crippen molar-refractivity contribution in [2.45, 2.75) is 19.8 Å². The minimum atomic E-state index is -1.14. The van der Waals surface area contributed by atoms with E-state index in [1.165, 1.54) is 7.11 Å². The highest BCUT2D eigenvalue weighted by molar-refractivity contribution is 6.09. The molecule has 0 atom stereocenters. The molecule has 2 aromatic rings. The molecule has 8 nitrogen and oxygen atoms in total. The molecule has 164 valence electrons. The minimum absolute atomic E-state index is 0.00624. The average Bonchev–Trinajstić information content (AvgIpc) is 2.79. The zero-order valence-corrected chi connectivity index (χ0v) is 17.6. The van der Waals surface area contributed by atoms with Crippen LogP contribution in [0.2, 0.25) is 0 Å². The Balaban J connectivity index is 1.75. The molecule has 2 aromatic carbocycles. The molecule has 8 heteroatoms. The van der Waals surface area contributed by atoms with Crippen LogP contribution in [0.4, 0.5) is 11.4 Å². The van der Waals surface area contributed by atoms with E-state index in [4.69, 9.17) is 9.47 Å². The summed E-state index contributed by atoms with van der Waals surface area (Å²) in [6, 6.07) is 11.6. The van der Waals surface area contributed by atoms with Crippen molar-refractivity contribution in [3.63, 3.8) is 0 Å². The Morgan fingerprint density at radius 2 is 1.81 bits per heavy atom. The summed E-state index contributed by atoms with van der Waals surface area (Å²) < 4.78 is 10.3. The molecule has 2 N–H and O–H groups in total. The fourth-order valence-corrected chi connectivity index (χ4v) is 3.67. The van der Waals surface area contributed by atoms with Crippen LogP contribution in [0, 0.1) is 5.92 Å². The number of methoxy groups -OCH3 is 1. The quantitative estimate of drug-likeness (QED) is 0.654. The third kappa shape index (κ3) is 5.14. The van der Waals surface area contributed by atoms with Gasteiger partial charge in [0, 0.05) is 18.8 Å². The highest BCUT2D eigenvalue weighted by atomic mass is 16.5. The highest BCUT2D eigenvalue weighted by Gasteiger charge is 2.27. The second kappa shape index (κ2) is 9.97. The van der Waals surface area contributed by atoms with Crippen LogP contribution in [-0.2, 0) is 9.53 Å². The summed E-state index contributed by atoms with van der Waals surface area (Å²) in [6.45, 7) is 3.39. The van der Waals surface area contributed by atoms with Gasteiger partial charge in [0.05, 0.1) is 36.4 Å². The van der Waals surface area contributed by atoms with Crippen LogP contribution in [0.1, 0.15) is 40.5 Å². The number of nitrogens with one attached hydrogen (secondary N) is 1. The molecule has 1 aliphatic heterocycles. The molecule has 31 heavy (non-hydrogen) atoms. The fourth-order valence-electron chi connectivity index (χ4n) is 3.67. The number of benzene rings is 2. The fraction of sp³-hybridized carbons (Fsp3) is 0.348. The zero-order chi connectivity index (χ0) is 22.4. The molecule has 0 radical (unpaired) electrons. The first kappa shape index (κ1) is 22.1. The Morgan fingerprint density at radius 3 is 2.45 bits per heavy atom. The van der Waals surface area contributed by atoms with Gasteiger partial charge in [-0.05, 0) is 50.1 Å². The lowest BCUT2D eigenvalue weighted by molar-refractivity contribution is -0.148. The van der Waals surface area contributed by atoms with Crippen molar-refractivity contribution < 1.29 is 29.0 Å². The van der Waals surface area contributed by atoms with Crippen LogP contribution in [0.3, 0.4) is 0 Å². The molecular weight excluding hydrogens is 400 g/mol. The topological polar surface area (TPSA) is 105 Å². The van der Waals surface area contributed by atoms with Crippen LogP contribution in [-0.4, -0.2) is 49.8 Å². The molecule has 1 amide bonds. The van der Waals surface area contributed by atoms with Crippen molar-refractivity contribution in [2.24, 2.45) is 5.92 Å². The number of esters is 1.